The average Bonchev–Trinajstić information content (AvgIpc) is 2.96. The van der Waals surface area contributed by atoms with Gasteiger partial charge in [-0.1, -0.05) is 55.6 Å². The van der Waals surface area contributed by atoms with Crippen molar-refractivity contribution in [2.45, 2.75) is 13.1 Å². The van der Waals surface area contributed by atoms with Crippen molar-refractivity contribution in [2.75, 3.05) is 0 Å². The molecule has 0 unspecified atom stereocenters. The molecule has 0 amide bonds. The summed E-state index contributed by atoms with van der Waals surface area (Å²) in [6.45, 7) is 4.90. The highest BCUT2D eigenvalue weighted by atomic mass is 28.3. The third-order valence-corrected chi connectivity index (χ3v) is 9.18. The van der Waals surface area contributed by atoms with Gasteiger partial charge in [0.25, 0.3) is 0 Å². The number of hydrogen-bond acceptors (Lipinski definition) is 2. The summed E-state index contributed by atoms with van der Waals surface area (Å²) in [5.74, 6) is 0. The number of pyridine rings is 2. The third kappa shape index (κ3) is 2.46. The Morgan fingerprint density at radius 1 is 0.704 bits per heavy atom. The average molecular weight is 365 g/mol. The third-order valence-electron chi connectivity index (χ3n) is 5.61. The summed E-state index contributed by atoms with van der Waals surface area (Å²) >= 11 is 0. The van der Waals surface area contributed by atoms with Gasteiger partial charge in [0, 0.05) is 29.7 Å². The molecular weight excluding hydrogens is 344 g/mol. The molecule has 130 valence electrons. The van der Waals surface area contributed by atoms with Crippen molar-refractivity contribution in [3.05, 3.63) is 85.3 Å². The standard InChI is InChI=1S/C24H20N2Si/c1-27(2)23-12-11-17(18-7-6-13-25-16-18)15-21(23)19-8-5-9-20(24(19)27)22-10-3-4-14-26-22/h3-16H,1-2H3. The van der Waals surface area contributed by atoms with Gasteiger partial charge in [0.2, 0.25) is 0 Å². The van der Waals surface area contributed by atoms with E-state index in [4.69, 9.17) is 0 Å². The Morgan fingerprint density at radius 2 is 1.59 bits per heavy atom. The predicted octanol–water partition coefficient (Wildman–Crippen LogP) is 4.61. The van der Waals surface area contributed by atoms with Crippen molar-refractivity contribution in [3.8, 4) is 33.5 Å². The van der Waals surface area contributed by atoms with E-state index >= 15 is 0 Å². The van der Waals surface area contributed by atoms with Crippen LogP contribution in [-0.4, -0.2) is 18.0 Å². The minimum Gasteiger partial charge on any atom is -0.264 e. The zero-order chi connectivity index (χ0) is 18.4. The van der Waals surface area contributed by atoms with Crippen LogP contribution in [0.1, 0.15) is 0 Å². The van der Waals surface area contributed by atoms with Gasteiger partial charge in [-0.3, -0.25) is 9.97 Å². The Labute approximate surface area is 160 Å². The SMILES string of the molecule is C[Si]1(C)c2ccc(-c3cccnc3)cc2-c2cccc(-c3ccccn3)c21. The normalized spacial score (nSPS) is 13.9. The van der Waals surface area contributed by atoms with Crippen LogP contribution in [0.3, 0.4) is 0 Å². The minimum absolute atomic E-state index is 1.07. The molecule has 3 heteroatoms. The molecule has 2 nitrogen and oxygen atoms in total. The highest BCUT2D eigenvalue weighted by molar-refractivity contribution is 7.04. The summed E-state index contributed by atoms with van der Waals surface area (Å²) in [6, 6.07) is 23.9. The van der Waals surface area contributed by atoms with Crippen LogP contribution in [0.15, 0.2) is 85.3 Å². The molecule has 2 aromatic carbocycles. The number of hydrogen-bond donors (Lipinski definition) is 0. The second-order valence-corrected chi connectivity index (χ2v) is 11.9. The van der Waals surface area contributed by atoms with Gasteiger partial charge in [-0.05, 0) is 51.3 Å². The Morgan fingerprint density at radius 3 is 2.37 bits per heavy atom. The van der Waals surface area contributed by atoms with E-state index < -0.39 is 8.07 Å². The topological polar surface area (TPSA) is 25.8 Å². The maximum Gasteiger partial charge on any atom is 0.114 e. The molecule has 2 aromatic heterocycles. The van der Waals surface area contributed by atoms with Crippen molar-refractivity contribution < 1.29 is 0 Å². The molecule has 1 aliphatic rings. The van der Waals surface area contributed by atoms with Crippen LogP contribution in [0.4, 0.5) is 0 Å². The molecule has 27 heavy (non-hydrogen) atoms. The Bertz CT molecular complexity index is 1140. The summed E-state index contributed by atoms with van der Waals surface area (Å²) in [4.78, 5) is 8.92. The molecule has 0 spiro atoms. The highest BCUT2D eigenvalue weighted by Crippen LogP contribution is 2.34. The fourth-order valence-corrected chi connectivity index (χ4v) is 7.77. The zero-order valence-electron chi connectivity index (χ0n) is 15.5. The molecule has 0 N–H and O–H groups in total. The van der Waals surface area contributed by atoms with E-state index in [0.29, 0.717) is 0 Å². The predicted molar refractivity (Wildman–Crippen MR) is 115 cm³/mol. The maximum absolute atomic E-state index is 4.63. The second-order valence-electron chi connectivity index (χ2n) is 7.57. The maximum atomic E-state index is 4.63. The van der Waals surface area contributed by atoms with Gasteiger partial charge in [0.1, 0.15) is 8.07 Å². The summed E-state index contributed by atoms with van der Waals surface area (Å²) in [6.07, 6.45) is 5.64. The molecule has 0 fully saturated rings. The van der Waals surface area contributed by atoms with Crippen molar-refractivity contribution >= 4 is 18.4 Å². The number of fused-ring (bicyclic) bond motifs is 3. The van der Waals surface area contributed by atoms with Crippen LogP contribution in [0, 0.1) is 0 Å². The summed E-state index contributed by atoms with van der Waals surface area (Å²) in [7, 11) is -1.79. The van der Waals surface area contributed by atoms with Crippen molar-refractivity contribution in [2.24, 2.45) is 0 Å². The fraction of sp³-hybridized carbons (Fsp3) is 0.0833. The number of rotatable bonds is 2. The lowest BCUT2D eigenvalue weighted by atomic mass is 9.98. The molecule has 0 atom stereocenters. The summed E-state index contributed by atoms with van der Waals surface area (Å²) in [5, 5.41) is 3.01. The monoisotopic (exact) mass is 364 g/mol. The molecule has 1 aliphatic heterocycles. The largest absolute Gasteiger partial charge is 0.264 e. The fourth-order valence-electron chi connectivity index (χ4n) is 4.35. The molecule has 0 bridgehead atoms. The van der Waals surface area contributed by atoms with Crippen LogP contribution >= 0.6 is 0 Å². The first-order chi connectivity index (χ1) is 13.2. The Hall–Kier alpha value is -3.04. The van der Waals surface area contributed by atoms with Gasteiger partial charge in [-0.15, -0.1) is 0 Å². The van der Waals surface area contributed by atoms with Gasteiger partial charge in [0.15, 0.2) is 0 Å². The Kier molecular flexibility index (Phi) is 3.59. The van der Waals surface area contributed by atoms with E-state index in [-0.39, 0.29) is 0 Å². The van der Waals surface area contributed by atoms with Gasteiger partial charge in [0.05, 0.1) is 5.69 Å². The van der Waals surface area contributed by atoms with E-state index in [1.807, 2.05) is 30.7 Å². The van der Waals surface area contributed by atoms with Crippen LogP contribution in [-0.2, 0) is 0 Å². The van der Waals surface area contributed by atoms with E-state index in [0.717, 1.165) is 11.3 Å². The minimum atomic E-state index is -1.79. The number of nitrogens with zero attached hydrogens (tertiary/aromatic N) is 2. The van der Waals surface area contributed by atoms with Crippen molar-refractivity contribution in [1.29, 1.82) is 0 Å². The van der Waals surface area contributed by atoms with Crippen LogP contribution < -0.4 is 10.4 Å². The van der Waals surface area contributed by atoms with E-state index in [1.165, 1.54) is 32.6 Å². The van der Waals surface area contributed by atoms with Crippen LogP contribution in [0.25, 0.3) is 33.5 Å². The smallest absolute Gasteiger partial charge is 0.114 e. The lowest BCUT2D eigenvalue weighted by Crippen LogP contribution is -2.50. The van der Waals surface area contributed by atoms with E-state index in [9.17, 15) is 0 Å². The molecular formula is C24H20N2Si. The van der Waals surface area contributed by atoms with E-state index in [1.54, 1.807) is 0 Å². The lowest BCUT2D eigenvalue weighted by Gasteiger charge is -2.22. The molecule has 0 saturated carbocycles. The first-order valence-corrected chi connectivity index (χ1v) is 12.3. The number of benzene rings is 2. The van der Waals surface area contributed by atoms with Gasteiger partial charge in [-0.25, -0.2) is 0 Å². The second kappa shape index (κ2) is 6.00. The summed E-state index contributed by atoms with van der Waals surface area (Å²) < 4.78 is 0. The molecule has 4 aromatic rings. The number of aromatic nitrogens is 2. The van der Waals surface area contributed by atoms with Gasteiger partial charge in [-0.2, -0.15) is 0 Å². The van der Waals surface area contributed by atoms with Crippen molar-refractivity contribution in [3.63, 3.8) is 0 Å². The molecule has 5 rings (SSSR count). The first kappa shape index (κ1) is 16.2. The molecule has 0 aliphatic carbocycles. The van der Waals surface area contributed by atoms with E-state index in [2.05, 4.69) is 77.7 Å². The van der Waals surface area contributed by atoms with Crippen molar-refractivity contribution in [1.82, 2.24) is 9.97 Å². The molecule has 0 saturated heterocycles. The molecule has 0 radical (unpaired) electrons. The Balaban J connectivity index is 1.75. The highest BCUT2D eigenvalue weighted by Gasteiger charge is 2.39. The first-order valence-electron chi connectivity index (χ1n) is 9.26. The van der Waals surface area contributed by atoms with Gasteiger partial charge >= 0.3 is 0 Å². The summed E-state index contributed by atoms with van der Waals surface area (Å²) in [5.41, 5.74) is 7.48. The van der Waals surface area contributed by atoms with Gasteiger partial charge < -0.3 is 0 Å². The lowest BCUT2D eigenvalue weighted by molar-refractivity contribution is 1.33. The van der Waals surface area contributed by atoms with Crippen LogP contribution in [0.2, 0.25) is 13.1 Å². The molecule has 3 heterocycles. The zero-order valence-corrected chi connectivity index (χ0v) is 16.5. The van der Waals surface area contributed by atoms with Crippen LogP contribution in [0.5, 0.6) is 0 Å². The quantitative estimate of drug-likeness (QED) is 0.485.